The Hall–Kier alpha value is -1.99. The Morgan fingerprint density at radius 2 is 1.58 bits per heavy atom. The van der Waals surface area contributed by atoms with Crippen LogP contribution in [0, 0.1) is 18.8 Å². The van der Waals surface area contributed by atoms with Gasteiger partial charge in [0.2, 0.25) is 10.0 Å². The van der Waals surface area contributed by atoms with Gasteiger partial charge in [0.05, 0.1) is 23.6 Å². The predicted octanol–water partition coefficient (Wildman–Crippen LogP) is 5.51. The molecule has 2 fully saturated rings. The Bertz CT molecular complexity index is 1160. The summed E-state index contributed by atoms with van der Waals surface area (Å²) < 4.78 is 36.4. The van der Waals surface area contributed by atoms with E-state index in [2.05, 4.69) is 28.1 Å². The molecule has 0 radical (unpaired) electrons. The molecule has 0 aliphatic carbocycles. The second kappa shape index (κ2) is 8.17. The quantitative estimate of drug-likeness (QED) is 0.477. The number of hydrogen-bond acceptors (Lipinski definition) is 3. The lowest BCUT2D eigenvalue weighted by atomic mass is 9.83. The fourth-order valence-electron chi connectivity index (χ4n) is 4.93. The third-order valence-corrected chi connectivity index (χ3v) is 8.83. The van der Waals surface area contributed by atoms with Crippen molar-refractivity contribution in [2.45, 2.75) is 24.0 Å². The topological polar surface area (TPSA) is 46.6 Å². The number of aryl methyl sites for hydroxylation is 1. The number of ether oxygens (including phenoxy) is 1. The van der Waals surface area contributed by atoms with Crippen molar-refractivity contribution in [3.05, 3.63) is 100 Å². The lowest BCUT2D eigenvalue weighted by Crippen LogP contribution is -2.33. The van der Waals surface area contributed by atoms with Gasteiger partial charge in [-0.25, -0.2) is 8.42 Å². The molecule has 4 nitrogen and oxygen atoms in total. The van der Waals surface area contributed by atoms with E-state index in [1.54, 1.807) is 16.4 Å². The van der Waals surface area contributed by atoms with E-state index < -0.39 is 10.0 Å². The highest BCUT2D eigenvalue weighted by Crippen LogP contribution is 2.54. The van der Waals surface area contributed by atoms with Crippen molar-refractivity contribution in [2.24, 2.45) is 11.8 Å². The Morgan fingerprint density at radius 1 is 0.903 bits per heavy atom. The molecule has 0 unspecified atom stereocenters. The minimum atomic E-state index is -3.64. The first-order valence-corrected chi connectivity index (χ1v) is 12.7. The van der Waals surface area contributed by atoms with Crippen molar-refractivity contribution in [3.63, 3.8) is 0 Å². The third kappa shape index (κ3) is 3.76. The third-order valence-electron chi connectivity index (χ3n) is 6.44. The van der Waals surface area contributed by atoms with Crippen molar-refractivity contribution < 1.29 is 13.2 Å². The number of nitrogens with zero attached hydrogens (tertiary/aromatic N) is 1. The van der Waals surface area contributed by atoms with E-state index >= 15 is 0 Å². The molecular formula is C25H24BrNO3S. The number of sulfonamides is 1. The summed E-state index contributed by atoms with van der Waals surface area (Å²) in [5.41, 5.74) is 3.14. The van der Waals surface area contributed by atoms with E-state index in [0.717, 1.165) is 21.2 Å². The Balaban J connectivity index is 1.58. The molecule has 3 aromatic carbocycles. The maximum atomic E-state index is 13.7. The van der Waals surface area contributed by atoms with Crippen LogP contribution in [0.5, 0.6) is 0 Å². The summed E-state index contributed by atoms with van der Waals surface area (Å²) in [5.74, 6) is 0.211. The molecule has 0 bridgehead atoms. The molecule has 3 aromatic rings. The summed E-state index contributed by atoms with van der Waals surface area (Å²) in [6.45, 7) is 2.99. The standard InChI is InChI=1S/C25H24BrNO3S/c1-17-7-13-22(14-8-17)31(28,29)27-15-20-16-30-25(19-9-11-21(26)12-10-19)23(20)24(27)18-5-3-2-4-6-18/h2-14,20,23-25H,15-16H2,1H3/t20-,23+,24-,25-/m0/s1. The van der Waals surface area contributed by atoms with Crippen LogP contribution in [0.15, 0.2) is 88.2 Å². The summed E-state index contributed by atoms with van der Waals surface area (Å²) in [4.78, 5) is 0.347. The fourth-order valence-corrected chi connectivity index (χ4v) is 6.90. The van der Waals surface area contributed by atoms with Crippen LogP contribution in [0.25, 0.3) is 0 Å². The normalized spacial score (nSPS) is 26.1. The molecule has 2 aliphatic heterocycles. The molecular weight excluding hydrogens is 474 g/mol. The van der Waals surface area contributed by atoms with E-state index in [1.165, 1.54) is 0 Å². The second-order valence-corrected chi connectivity index (χ2v) is 11.2. The zero-order valence-electron chi connectivity index (χ0n) is 17.2. The summed E-state index contributed by atoms with van der Waals surface area (Å²) in [6, 6.07) is 25.0. The van der Waals surface area contributed by atoms with Gasteiger partial charge in [-0.2, -0.15) is 4.31 Å². The van der Waals surface area contributed by atoms with Crippen LogP contribution >= 0.6 is 15.9 Å². The Labute approximate surface area is 192 Å². The second-order valence-electron chi connectivity index (χ2n) is 8.39. The summed E-state index contributed by atoms with van der Waals surface area (Å²) >= 11 is 3.50. The zero-order chi connectivity index (χ0) is 21.6. The molecule has 0 amide bonds. The number of benzene rings is 3. The number of halogens is 1. The van der Waals surface area contributed by atoms with E-state index in [-0.39, 0.29) is 24.0 Å². The fraction of sp³-hybridized carbons (Fsp3) is 0.280. The van der Waals surface area contributed by atoms with E-state index in [1.807, 2.05) is 61.5 Å². The van der Waals surface area contributed by atoms with Gasteiger partial charge in [-0.05, 0) is 42.3 Å². The molecule has 0 spiro atoms. The van der Waals surface area contributed by atoms with Crippen LogP contribution in [0.2, 0.25) is 0 Å². The first-order chi connectivity index (χ1) is 14.9. The average molecular weight is 498 g/mol. The Kier molecular flexibility index (Phi) is 5.51. The molecule has 6 heteroatoms. The van der Waals surface area contributed by atoms with Crippen LogP contribution in [-0.4, -0.2) is 25.9 Å². The van der Waals surface area contributed by atoms with Gasteiger partial charge in [-0.1, -0.05) is 76.1 Å². The molecule has 0 aromatic heterocycles. The average Bonchev–Trinajstić information content (AvgIpc) is 3.35. The van der Waals surface area contributed by atoms with Crippen LogP contribution in [-0.2, 0) is 14.8 Å². The highest BCUT2D eigenvalue weighted by atomic mass is 79.9. The van der Waals surface area contributed by atoms with Gasteiger partial charge in [-0.15, -0.1) is 0 Å². The smallest absolute Gasteiger partial charge is 0.243 e. The summed E-state index contributed by atoms with van der Waals surface area (Å²) in [5, 5.41) is 0. The van der Waals surface area contributed by atoms with Gasteiger partial charge in [0.1, 0.15) is 0 Å². The van der Waals surface area contributed by atoms with Gasteiger partial charge in [-0.3, -0.25) is 0 Å². The van der Waals surface area contributed by atoms with E-state index in [0.29, 0.717) is 18.0 Å². The Morgan fingerprint density at radius 3 is 2.26 bits per heavy atom. The molecule has 2 saturated heterocycles. The largest absolute Gasteiger partial charge is 0.373 e. The van der Waals surface area contributed by atoms with Crippen molar-refractivity contribution in [1.82, 2.24) is 4.31 Å². The van der Waals surface area contributed by atoms with Crippen molar-refractivity contribution >= 4 is 26.0 Å². The van der Waals surface area contributed by atoms with Crippen molar-refractivity contribution in [1.29, 1.82) is 0 Å². The lowest BCUT2D eigenvalue weighted by molar-refractivity contribution is 0.0695. The van der Waals surface area contributed by atoms with Crippen molar-refractivity contribution in [2.75, 3.05) is 13.2 Å². The minimum absolute atomic E-state index is 0.0591. The molecule has 31 heavy (non-hydrogen) atoms. The molecule has 160 valence electrons. The summed E-state index contributed by atoms with van der Waals surface area (Å²) in [6.07, 6.45) is -0.137. The molecule has 4 atom stereocenters. The zero-order valence-corrected chi connectivity index (χ0v) is 19.6. The van der Waals surface area contributed by atoms with Crippen LogP contribution in [0.3, 0.4) is 0 Å². The van der Waals surface area contributed by atoms with E-state index in [9.17, 15) is 8.42 Å². The first kappa shape index (κ1) is 20.9. The van der Waals surface area contributed by atoms with Crippen LogP contribution < -0.4 is 0 Å². The molecule has 2 aliphatic rings. The maximum absolute atomic E-state index is 13.7. The first-order valence-electron chi connectivity index (χ1n) is 10.5. The van der Waals surface area contributed by atoms with Gasteiger partial charge < -0.3 is 4.74 Å². The summed E-state index contributed by atoms with van der Waals surface area (Å²) in [7, 11) is -3.64. The molecule has 0 N–H and O–H groups in total. The maximum Gasteiger partial charge on any atom is 0.243 e. The number of hydrogen-bond donors (Lipinski definition) is 0. The minimum Gasteiger partial charge on any atom is -0.373 e. The van der Waals surface area contributed by atoms with Gasteiger partial charge in [0.15, 0.2) is 0 Å². The lowest BCUT2D eigenvalue weighted by Gasteiger charge is -2.31. The molecule has 2 heterocycles. The van der Waals surface area contributed by atoms with E-state index in [4.69, 9.17) is 4.74 Å². The molecule has 0 saturated carbocycles. The van der Waals surface area contributed by atoms with Crippen LogP contribution in [0.4, 0.5) is 0 Å². The highest BCUT2D eigenvalue weighted by Gasteiger charge is 2.54. The number of rotatable bonds is 4. The highest BCUT2D eigenvalue weighted by molar-refractivity contribution is 9.10. The van der Waals surface area contributed by atoms with Gasteiger partial charge in [0, 0.05) is 22.9 Å². The van der Waals surface area contributed by atoms with Crippen molar-refractivity contribution in [3.8, 4) is 0 Å². The van der Waals surface area contributed by atoms with Crippen LogP contribution in [0.1, 0.15) is 28.8 Å². The predicted molar refractivity (Wildman–Crippen MR) is 124 cm³/mol. The van der Waals surface area contributed by atoms with Gasteiger partial charge in [0.25, 0.3) is 0 Å². The SMILES string of the molecule is Cc1ccc(S(=O)(=O)N2C[C@H]3CO[C@@H](c4ccc(Br)cc4)[C@H]3[C@@H]2c2ccccc2)cc1. The monoisotopic (exact) mass is 497 g/mol. The number of fused-ring (bicyclic) bond motifs is 1. The van der Waals surface area contributed by atoms with Gasteiger partial charge >= 0.3 is 0 Å². The molecule has 5 rings (SSSR count).